The first kappa shape index (κ1) is 53.0. The zero-order chi connectivity index (χ0) is 54.4. The van der Waals surface area contributed by atoms with E-state index in [9.17, 15) is 28.0 Å². The van der Waals surface area contributed by atoms with E-state index in [1.54, 1.807) is 14.7 Å². The third-order valence-corrected chi connectivity index (χ3v) is 16.2. The van der Waals surface area contributed by atoms with Gasteiger partial charge in [-0.3, -0.25) is 9.59 Å². The highest BCUT2D eigenvalue weighted by molar-refractivity contribution is 5.88. The summed E-state index contributed by atoms with van der Waals surface area (Å²) in [5, 5.41) is 5.40. The minimum Gasteiger partial charge on any atom is -0.453 e. The highest BCUT2D eigenvalue weighted by atomic mass is 19.1. The summed E-state index contributed by atoms with van der Waals surface area (Å²) in [5.41, 5.74) is 5.33. The van der Waals surface area contributed by atoms with E-state index in [0.29, 0.717) is 85.5 Å². The number of hydrogen-bond donors (Lipinski definition) is 4. The molecule has 4 fully saturated rings. The quantitative estimate of drug-likeness (QED) is 0.0813. The van der Waals surface area contributed by atoms with E-state index in [-0.39, 0.29) is 72.5 Å². The van der Waals surface area contributed by atoms with E-state index < -0.39 is 47.5 Å². The van der Waals surface area contributed by atoms with Crippen molar-refractivity contribution in [2.24, 2.45) is 11.8 Å². The lowest BCUT2D eigenvalue weighted by Gasteiger charge is -2.36. The lowest BCUT2D eigenvalue weighted by atomic mass is 9.89. The summed E-state index contributed by atoms with van der Waals surface area (Å²) in [6.45, 7) is 9.03. The number of carbonyl (C=O) groups is 4. The van der Waals surface area contributed by atoms with Crippen molar-refractivity contribution in [3.05, 3.63) is 118 Å². The van der Waals surface area contributed by atoms with Gasteiger partial charge in [0, 0.05) is 37.9 Å². The fraction of sp³-hybridized carbons (Fsp3) is 0.474. The number of amides is 4. The number of aromatic amines is 2. The minimum absolute atomic E-state index is 0.150. The molecule has 6 aromatic rings. The van der Waals surface area contributed by atoms with Gasteiger partial charge in [-0.15, -0.1) is 0 Å². The first-order valence-corrected chi connectivity index (χ1v) is 26.8. The Labute approximate surface area is 444 Å². The van der Waals surface area contributed by atoms with Crippen LogP contribution in [0, 0.1) is 35.1 Å². The van der Waals surface area contributed by atoms with Crippen LogP contribution in [0.2, 0.25) is 0 Å². The normalized spacial score (nSPS) is 20.9. The molecule has 4 N–H and O–H groups in total. The number of alkyl carbamates (subject to hydrolysis) is 2. The largest absolute Gasteiger partial charge is 0.453 e. The Balaban J connectivity index is 0.965. The number of imidazole rings is 2. The van der Waals surface area contributed by atoms with Crippen LogP contribution in [0.25, 0.3) is 22.1 Å². The summed E-state index contributed by atoms with van der Waals surface area (Å²) in [4.78, 5) is 76.6. The van der Waals surface area contributed by atoms with E-state index >= 15 is 8.78 Å². The molecule has 4 aromatic carbocycles. The van der Waals surface area contributed by atoms with E-state index in [1.165, 1.54) is 38.5 Å². The van der Waals surface area contributed by atoms with Crippen LogP contribution in [0.3, 0.4) is 0 Å². The Bertz CT molecular complexity index is 3000. The SMILES string of the molecule is COC(=O)N[C@H](C(=O)N1CCC[C@H]1c1nc2ccc([C@H]3CC[C@@H](c4ccc5nc([C@@H]6CCCN6C(=O)[C@@H](NC(=O)OC)C(C)C)[nH]c5c4)N3c3cc(F)c(N4CCC(c5cc(F)cc(F)c5)CC4)c(F)c3)cc2[nH]1)C(C)C. The van der Waals surface area contributed by atoms with Crippen molar-refractivity contribution in [1.82, 2.24) is 40.4 Å². The summed E-state index contributed by atoms with van der Waals surface area (Å²) >= 11 is 0. The van der Waals surface area contributed by atoms with Crippen LogP contribution in [0.5, 0.6) is 0 Å². The Hall–Kier alpha value is -7.38. The average molecular weight is 1060 g/mol. The molecule has 16 nitrogen and oxygen atoms in total. The van der Waals surface area contributed by atoms with Crippen molar-refractivity contribution in [3.8, 4) is 0 Å². The summed E-state index contributed by atoms with van der Waals surface area (Å²) in [7, 11) is 2.52. The Morgan fingerprint density at radius 2 is 1.03 bits per heavy atom. The molecule has 0 radical (unpaired) electrons. The molecule has 0 unspecified atom stereocenters. The average Bonchev–Trinajstić information content (AvgIpc) is 4.29. The third-order valence-electron chi connectivity index (χ3n) is 16.2. The Morgan fingerprint density at radius 1 is 0.571 bits per heavy atom. The van der Waals surface area contributed by atoms with E-state index in [2.05, 4.69) is 25.5 Å². The highest BCUT2D eigenvalue weighted by Gasteiger charge is 2.41. The molecule has 20 heteroatoms. The van der Waals surface area contributed by atoms with Crippen LogP contribution in [0.1, 0.15) is 137 Å². The van der Waals surface area contributed by atoms with Gasteiger partial charge in [-0.1, -0.05) is 39.8 Å². The first-order valence-electron chi connectivity index (χ1n) is 26.8. The van der Waals surface area contributed by atoms with E-state index in [1.807, 2.05) is 64.1 Å². The predicted octanol–water partition coefficient (Wildman–Crippen LogP) is 10.6. The molecule has 6 atom stereocenters. The van der Waals surface area contributed by atoms with Crippen molar-refractivity contribution in [2.45, 2.75) is 121 Å². The van der Waals surface area contributed by atoms with Crippen molar-refractivity contribution in [3.63, 3.8) is 0 Å². The zero-order valence-electron chi connectivity index (χ0n) is 44.2. The maximum Gasteiger partial charge on any atom is 0.407 e. The number of halogens is 4. The van der Waals surface area contributed by atoms with Gasteiger partial charge in [0.05, 0.1) is 60.5 Å². The van der Waals surface area contributed by atoms with Gasteiger partial charge in [0.25, 0.3) is 0 Å². The Morgan fingerprint density at radius 3 is 1.45 bits per heavy atom. The lowest BCUT2D eigenvalue weighted by Crippen LogP contribution is -2.51. The monoisotopic (exact) mass is 1060 g/mol. The van der Waals surface area contributed by atoms with Gasteiger partial charge in [0.2, 0.25) is 11.8 Å². The number of benzene rings is 4. The number of carbonyl (C=O) groups excluding carboxylic acids is 4. The summed E-state index contributed by atoms with van der Waals surface area (Å²) in [6.07, 6.45) is 3.62. The van der Waals surface area contributed by atoms with Crippen LogP contribution in [-0.2, 0) is 19.1 Å². The topological polar surface area (TPSA) is 181 Å². The maximum absolute atomic E-state index is 16.8. The molecule has 0 bridgehead atoms. The minimum atomic E-state index is -0.791. The molecule has 0 aliphatic carbocycles. The second kappa shape index (κ2) is 21.9. The van der Waals surface area contributed by atoms with E-state index in [4.69, 9.17) is 19.4 Å². The molecule has 408 valence electrons. The van der Waals surface area contributed by atoms with Crippen molar-refractivity contribution in [2.75, 3.05) is 50.2 Å². The van der Waals surface area contributed by atoms with Gasteiger partial charge in [0.15, 0.2) is 11.6 Å². The second-order valence-corrected chi connectivity index (χ2v) is 21.6. The van der Waals surface area contributed by atoms with Gasteiger partial charge in [-0.2, -0.15) is 0 Å². The van der Waals surface area contributed by atoms with Gasteiger partial charge in [-0.25, -0.2) is 37.1 Å². The van der Waals surface area contributed by atoms with Gasteiger partial charge >= 0.3 is 12.2 Å². The molecule has 4 aliphatic heterocycles. The molecule has 77 heavy (non-hydrogen) atoms. The number of methoxy groups -OCH3 is 2. The van der Waals surface area contributed by atoms with Crippen molar-refractivity contribution in [1.29, 1.82) is 0 Å². The molecule has 4 saturated heterocycles. The summed E-state index contributed by atoms with van der Waals surface area (Å²) < 4.78 is 71.6. The number of nitrogens with zero attached hydrogens (tertiary/aromatic N) is 6. The standard InChI is InChI=1S/C57H66F4N10O6/c1-30(2)49(66-56(74)76-5)54(72)69-19-7-9-47(69)52-62-41-13-11-33(25-43(41)64-52)45-15-16-46(71(45)38-28-39(60)51(40(61)29-38)68-21-17-32(18-22-68)35-23-36(58)27-37(59)24-35)34-12-14-42-44(26-34)65-53(63-42)48-10-8-20-70(48)55(73)50(31(3)4)67-57(75)77-6/h11-14,23-32,45-50H,7-10,15-22H2,1-6H3,(H,62,64)(H,63,65)(H,66,74)(H,67,75)/t45-,46+,47-,48-,49-,50-/m0/s1. The van der Waals surface area contributed by atoms with Gasteiger partial charge in [0.1, 0.15) is 41.1 Å². The first-order chi connectivity index (χ1) is 37.0. The second-order valence-electron chi connectivity index (χ2n) is 21.6. The number of hydrogen-bond acceptors (Lipinski definition) is 10. The highest BCUT2D eigenvalue weighted by Crippen LogP contribution is 2.49. The number of anilines is 2. The number of rotatable bonds is 13. The fourth-order valence-corrected chi connectivity index (χ4v) is 12.3. The molecule has 10 rings (SSSR count). The molecular weight excluding hydrogens is 997 g/mol. The lowest BCUT2D eigenvalue weighted by molar-refractivity contribution is -0.136. The molecule has 2 aromatic heterocycles. The maximum atomic E-state index is 16.8. The molecule has 4 aliphatic rings. The number of aromatic nitrogens is 4. The zero-order valence-corrected chi connectivity index (χ0v) is 44.2. The van der Waals surface area contributed by atoms with Crippen molar-refractivity contribution >= 4 is 57.4 Å². The number of H-pyrrole nitrogens is 2. The molecule has 4 amide bonds. The smallest absolute Gasteiger partial charge is 0.407 e. The number of nitrogens with one attached hydrogen (secondary N) is 4. The molecular formula is C57H66F4N10O6. The number of ether oxygens (including phenoxy) is 2. The number of likely N-dealkylation sites (tertiary alicyclic amines) is 2. The molecule has 6 heterocycles. The number of piperidine rings is 1. The van der Waals surface area contributed by atoms with Crippen LogP contribution in [0.4, 0.5) is 38.5 Å². The predicted molar refractivity (Wildman–Crippen MR) is 282 cm³/mol. The molecule has 0 spiro atoms. The van der Waals surface area contributed by atoms with Crippen LogP contribution >= 0.6 is 0 Å². The fourth-order valence-electron chi connectivity index (χ4n) is 12.3. The van der Waals surface area contributed by atoms with Crippen LogP contribution < -0.4 is 20.4 Å². The number of fused-ring (bicyclic) bond motifs is 2. The molecule has 0 saturated carbocycles. The summed E-state index contributed by atoms with van der Waals surface area (Å²) in [5.74, 6) is -2.54. The van der Waals surface area contributed by atoms with Gasteiger partial charge < -0.3 is 49.7 Å². The van der Waals surface area contributed by atoms with E-state index in [0.717, 1.165) is 41.1 Å². The Kier molecular flexibility index (Phi) is 15.1. The van der Waals surface area contributed by atoms with Gasteiger partial charge in [-0.05, 0) is 134 Å². The van der Waals surface area contributed by atoms with Crippen molar-refractivity contribution < 1.29 is 46.2 Å². The van der Waals surface area contributed by atoms with Crippen LogP contribution in [-0.4, -0.2) is 106 Å². The third kappa shape index (κ3) is 10.6. The van der Waals surface area contributed by atoms with Crippen LogP contribution in [0.15, 0.2) is 66.7 Å². The summed E-state index contributed by atoms with van der Waals surface area (Å²) in [6, 6.07) is 15.1.